The van der Waals surface area contributed by atoms with E-state index in [2.05, 4.69) is 32.9 Å². The lowest BCUT2D eigenvalue weighted by atomic mass is 10.0. The third kappa shape index (κ3) is 43.3. The first-order valence-corrected chi connectivity index (χ1v) is 24.7. The van der Waals surface area contributed by atoms with Crippen molar-refractivity contribution < 1.29 is 28.6 Å². The van der Waals surface area contributed by atoms with Crippen molar-refractivity contribution in [3.63, 3.8) is 0 Å². The molecule has 0 bridgehead atoms. The van der Waals surface area contributed by atoms with E-state index in [-0.39, 0.29) is 31.1 Å². The van der Waals surface area contributed by atoms with Crippen LogP contribution in [0.15, 0.2) is 12.2 Å². The van der Waals surface area contributed by atoms with Gasteiger partial charge in [0.1, 0.15) is 13.2 Å². The van der Waals surface area contributed by atoms with Crippen LogP contribution in [0.1, 0.15) is 271 Å². The van der Waals surface area contributed by atoms with E-state index in [0.717, 1.165) is 64.2 Å². The van der Waals surface area contributed by atoms with Gasteiger partial charge in [0.2, 0.25) is 0 Å². The van der Waals surface area contributed by atoms with Crippen molar-refractivity contribution in [3.05, 3.63) is 12.2 Å². The predicted octanol–water partition coefficient (Wildman–Crippen LogP) is 15.8. The molecule has 0 spiro atoms. The summed E-state index contributed by atoms with van der Waals surface area (Å²) in [6.07, 6.45) is 49.3. The van der Waals surface area contributed by atoms with Gasteiger partial charge in [0.15, 0.2) is 6.10 Å². The Morgan fingerprint density at radius 2 is 0.589 bits per heavy atom. The maximum absolute atomic E-state index is 12.7. The van der Waals surface area contributed by atoms with Crippen molar-refractivity contribution in [2.45, 2.75) is 277 Å². The van der Waals surface area contributed by atoms with Crippen LogP contribution in [-0.4, -0.2) is 37.2 Å². The lowest BCUT2D eigenvalue weighted by Gasteiger charge is -2.18. The molecule has 0 aliphatic rings. The van der Waals surface area contributed by atoms with Crippen LogP contribution >= 0.6 is 0 Å². The first-order valence-electron chi connectivity index (χ1n) is 24.7. The molecule has 1 unspecified atom stereocenters. The lowest BCUT2D eigenvalue weighted by Crippen LogP contribution is -2.30. The van der Waals surface area contributed by atoms with E-state index in [9.17, 15) is 14.4 Å². The highest BCUT2D eigenvalue weighted by Crippen LogP contribution is 2.16. The molecule has 0 aliphatic heterocycles. The predicted molar refractivity (Wildman–Crippen MR) is 238 cm³/mol. The molecule has 0 aromatic carbocycles. The van der Waals surface area contributed by atoms with Crippen molar-refractivity contribution in [1.29, 1.82) is 0 Å². The molecule has 0 radical (unpaired) electrons. The maximum Gasteiger partial charge on any atom is 0.306 e. The molecule has 330 valence electrons. The molecular formula is C50H94O6. The minimum absolute atomic E-state index is 0.0693. The van der Waals surface area contributed by atoms with Gasteiger partial charge in [-0.15, -0.1) is 0 Å². The van der Waals surface area contributed by atoms with Gasteiger partial charge in [-0.05, 0) is 44.9 Å². The third-order valence-corrected chi connectivity index (χ3v) is 11.0. The zero-order valence-electron chi connectivity index (χ0n) is 37.7. The van der Waals surface area contributed by atoms with E-state index in [1.54, 1.807) is 0 Å². The summed E-state index contributed by atoms with van der Waals surface area (Å²) in [5, 5.41) is 0. The molecule has 0 saturated heterocycles. The normalized spacial score (nSPS) is 12.0. The molecule has 0 aliphatic carbocycles. The highest BCUT2D eigenvalue weighted by Gasteiger charge is 2.19. The molecule has 0 saturated carbocycles. The summed E-state index contributed by atoms with van der Waals surface area (Å²) in [6.45, 7) is 6.58. The van der Waals surface area contributed by atoms with Crippen molar-refractivity contribution in [1.82, 2.24) is 0 Å². The average molecular weight is 791 g/mol. The average Bonchev–Trinajstić information content (AvgIpc) is 3.19. The first kappa shape index (κ1) is 54.2. The largest absolute Gasteiger partial charge is 0.462 e. The van der Waals surface area contributed by atoms with Gasteiger partial charge in [-0.2, -0.15) is 0 Å². The van der Waals surface area contributed by atoms with Gasteiger partial charge >= 0.3 is 17.9 Å². The summed E-state index contributed by atoms with van der Waals surface area (Å²) in [5.41, 5.74) is 0. The molecule has 6 heteroatoms. The second kappa shape index (κ2) is 45.8. The Labute approximate surface area is 348 Å². The van der Waals surface area contributed by atoms with E-state index in [1.165, 1.54) is 167 Å². The van der Waals surface area contributed by atoms with Gasteiger partial charge in [0.25, 0.3) is 0 Å². The Morgan fingerprint density at radius 3 is 0.911 bits per heavy atom. The van der Waals surface area contributed by atoms with Crippen LogP contribution in [0.25, 0.3) is 0 Å². The number of rotatable bonds is 45. The van der Waals surface area contributed by atoms with Crippen molar-refractivity contribution >= 4 is 17.9 Å². The van der Waals surface area contributed by atoms with Crippen LogP contribution in [-0.2, 0) is 28.6 Å². The lowest BCUT2D eigenvalue weighted by molar-refractivity contribution is -0.167. The summed E-state index contributed by atoms with van der Waals surface area (Å²) < 4.78 is 16.7. The quantitative estimate of drug-likeness (QED) is 0.0264. The standard InChI is InChI=1S/C50H94O6/c1-4-7-10-13-16-18-20-22-23-24-25-26-27-29-30-32-34-37-40-43-49(52)55-46-47(45-54-48(51)42-39-36-15-12-9-6-3)56-50(53)44-41-38-35-33-31-28-21-19-17-14-11-8-5-2/h19,21,47H,4-18,20,22-46H2,1-3H3/b21-19-. The molecule has 0 heterocycles. The van der Waals surface area contributed by atoms with E-state index >= 15 is 0 Å². The summed E-state index contributed by atoms with van der Waals surface area (Å²) in [7, 11) is 0. The number of carbonyl (C=O) groups excluding carboxylic acids is 3. The van der Waals surface area contributed by atoms with Gasteiger partial charge in [-0.3, -0.25) is 14.4 Å². The summed E-state index contributed by atoms with van der Waals surface area (Å²) in [4.78, 5) is 37.6. The Hall–Kier alpha value is -1.85. The highest BCUT2D eigenvalue weighted by molar-refractivity contribution is 5.71. The van der Waals surface area contributed by atoms with Gasteiger partial charge in [0, 0.05) is 19.3 Å². The van der Waals surface area contributed by atoms with Gasteiger partial charge in [-0.25, -0.2) is 0 Å². The van der Waals surface area contributed by atoms with E-state index < -0.39 is 6.10 Å². The number of carbonyl (C=O) groups is 3. The summed E-state index contributed by atoms with van der Waals surface area (Å²) in [5.74, 6) is -0.876. The number of hydrogen-bond donors (Lipinski definition) is 0. The number of hydrogen-bond acceptors (Lipinski definition) is 6. The zero-order valence-corrected chi connectivity index (χ0v) is 37.7. The Morgan fingerprint density at radius 1 is 0.339 bits per heavy atom. The molecule has 6 nitrogen and oxygen atoms in total. The first-order chi connectivity index (χ1) is 27.5. The molecule has 0 fully saturated rings. The van der Waals surface area contributed by atoms with Crippen molar-refractivity contribution in [2.24, 2.45) is 0 Å². The van der Waals surface area contributed by atoms with E-state index in [1.807, 2.05) is 0 Å². The highest BCUT2D eigenvalue weighted by atomic mass is 16.6. The fourth-order valence-electron chi connectivity index (χ4n) is 7.26. The molecular weight excluding hydrogens is 697 g/mol. The third-order valence-electron chi connectivity index (χ3n) is 11.0. The Balaban J connectivity index is 4.16. The molecule has 0 aromatic rings. The van der Waals surface area contributed by atoms with Gasteiger partial charge in [0.05, 0.1) is 0 Å². The van der Waals surface area contributed by atoms with Crippen LogP contribution in [0, 0.1) is 0 Å². The molecule has 0 amide bonds. The summed E-state index contributed by atoms with van der Waals surface area (Å²) in [6, 6.07) is 0. The fraction of sp³-hybridized carbons (Fsp3) is 0.900. The maximum atomic E-state index is 12.7. The van der Waals surface area contributed by atoms with Crippen LogP contribution in [0.5, 0.6) is 0 Å². The fourth-order valence-corrected chi connectivity index (χ4v) is 7.26. The van der Waals surface area contributed by atoms with Crippen LogP contribution in [0.4, 0.5) is 0 Å². The number of ether oxygens (including phenoxy) is 3. The molecule has 0 aromatic heterocycles. The number of esters is 3. The molecule has 0 N–H and O–H groups in total. The molecule has 56 heavy (non-hydrogen) atoms. The Bertz CT molecular complexity index is 870. The second-order valence-corrected chi connectivity index (χ2v) is 16.7. The molecule has 0 rings (SSSR count). The van der Waals surface area contributed by atoms with Crippen molar-refractivity contribution in [3.8, 4) is 0 Å². The number of unbranched alkanes of at least 4 members (excludes halogenated alkanes) is 32. The van der Waals surface area contributed by atoms with Crippen LogP contribution in [0.3, 0.4) is 0 Å². The van der Waals surface area contributed by atoms with E-state index in [0.29, 0.717) is 19.3 Å². The topological polar surface area (TPSA) is 78.9 Å². The van der Waals surface area contributed by atoms with Crippen LogP contribution < -0.4 is 0 Å². The Kier molecular flexibility index (Phi) is 44.3. The zero-order chi connectivity index (χ0) is 40.8. The second-order valence-electron chi connectivity index (χ2n) is 16.7. The minimum Gasteiger partial charge on any atom is -0.462 e. The number of allylic oxidation sites excluding steroid dienone is 2. The molecule has 1 atom stereocenters. The van der Waals surface area contributed by atoms with Crippen LogP contribution in [0.2, 0.25) is 0 Å². The SMILES string of the molecule is CCCCCC/C=C\CCCCCCCC(=O)OC(COC(=O)CCCCCCCC)COC(=O)CCCCCCCCCCCCCCCCCCCCC. The minimum atomic E-state index is -0.765. The van der Waals surface area contributed by atoms with Gasteiger partial charge < -0.3 is 14.2 Å². The van der Waals surface area contributed by atoms with Gasteiger partial charge in [-0.1, -0.05) is 219 Å². The monoisotopic (exact) mass is 791 g/mol. The summed E-state index contributed by atoms with van der Waals surface area (Å²) >= 11 is 0. The van der Waals surface area contributed by atoms with E-state index in [4.69, 9.17) is 14.2 Å². The smallest absolute Gasteiger partial charge is 0.306 e. The van der Waals surface area contributed by atoms with Crippen molar-refractivity contribution in [2.75, 3.05) is 13.2 Å².